The SMILES string of the molecule is O=C(NC[C@](O)(c1ccoc1)c1ccco1)c1cc(C2CC2)on1. The van der Waals surface area contributed by atoms with E-state index in [1.54, 1.807) is 24.3 Å². The summed E-state index contributed by atoms with van der Waals surface area (Å²) in [5.74, 6) is 1.00. The van der Waals surface area contributed by atoms with Crippen molar-refractivity contribution in [2.45, 2.75) is 24.4 Å². The van der Waals surface area contributed by atoms with Crippen LogP contribution in [-0.4, -0.2) is 22.7 Å². The van der Waals surface area contributed by atoms with Gasteiger partial charge in [0.05, 0.1) is 25.3 Å². The molecule has 1 saturated carbocycles. The van der Waals surface area contributed by atoms with Gasteiger partial charge in [-0.05, 0) is 31.0 Å². The van der Waals surface area contributed by atoms with Gasteiger partial charge in [-0.3, -0.25) is 4.79 Å². The van der Waals surface area contributed by atoms with Crippen molar-refractivity contribution in [2.75, 3.05) is 6.54 Å². The van der Waals surface area contributed by atoms with Crippen molar-refractivity contribution < 1.29 is 23.3 Å². The van der Waals surface area contributed by atoms with Crippen LogP contribution in [0.3, 0.4) is 0 Å². The number of amides is 1. The summed E-state index contributed by atoms with van der Waals surface area (Å²) in [7, 11) is 0. The molecular formula is C17H16N2O5. The maximum atomic E-state index is 12.3. The average Bonchev–Trinajstić information content (AvgIpc) is 3.12. The number of nitrogens with one attached hydrogen (secondary N) is 1. The average molecular weight is 328 g/mol. The Hall–Kier alpha value is -2.80. The number of aromatic nitrogens is 1. The zero-order valence-corrected chi connectivity index (χ0v) is 12.8. The van der Waals surface area contributed by atoms with Crippen molar-refractivity contribution in [3.8, 4) is 0 Å². The second-order valence-corrected chi connectivity index (χ2v) is 5.92. The molecule has 1 atom stereocenters. The minimum absolute atomic E-state index is 0.0928. The Morgan fingerprint density at radius 3 is 2.92 bits per heavy atom. The van der Waals surface area contributed by atoms with Crippen molar-refractivity contribution in [3.05, 3.63) is 65.8 Å². The van der Waals surface area contributed by atoms with Crippen LogP contribution in [0.25, 0.3) is 0 Å². The number of hydrogen-bond donors (Lipinski definition) is 2. The Kier molecular flexibility index (Phi) is 3.50. The molecular weight excluding hydrogens is 312 g/mol. The topological polar surface area (TPSA) is 102 Å². The molecule has 3 aromatic heterocycles. The predicted molar refractivity (Wildman–Crippen MR) is 81.2 cm³/mol. The van der Waals surface area contributed by atoms with E-state index in [9.17, 15) is 9.90 Å². The largest absolute Gasteiger partial charge is 0.472 e. The first-order valence-electron chi connectivity index (χ1n) is 7.70. The Labute approximate surface area is 137 Å². The summed E-state index contributed by atoms with van der Waals surface area (Å²) in [6.45, 7) is -0.0928. The highest BCUT2D eigenvalue weighted by molar-refractivity contribution is 5.92. The van der Waals surface area contributed by atoms with E-state index in [-0.39, 0.29) is 12.2 Å². The van der Waals surface area contributed by atoms with Gasteiger partial charge in [0, 0.05) is 17.5 Å². The fourth-order valence-corrected chi connectivity index (χ4v) is 2.60. The van der Waals surface area contributed by atoms with Gasteiger partial charge in [-0.15, -0.1) is 0 Å². The Bertz CT molecular complexity index is 781. The summed E-state index contributed by atoms with van der Waals surface area (Å²) < 4.78 is 15.6. The number of furan rings is 2. The van der Waals surface area contributed by atoms with Crippen LogP contribution in [0.5, 0.6) is 0 Å². The predicted octanol–water partition coefficient (Wildman–Crippen LogP) is 2.40. The van der Waals surface area contributed by atoms with Crippen LogP contribution in [0.1, 0.15) is 46.3 Å². The fraction of sp³-hybridized carbons (Fsp3) is 0.294. The molecule has 0 saturated heterocycles. The Morgan fingerprint density at radius 1 is 1.38 bits per heavy atom. The first-order valence-corrected chi connectivity index (χ1v) is 7.70. The lowest BCUT2D eigenvalue weighted by molar-refractivity contribution is 0.0518. The summed E-state index contributed by atoms with van der Waals surface area (Å²) >= 11 is 0. The molecule has 24 heavy (non-hydrogen) atoms. The zero-order chi connectivity index (χ0) is 16.6. The van der Waals surface area contributed by atoms with E-state index in [4.69, 9.17) is 13.4 Å². The minimum Gasteiger partial charge on any atom is -0.472 e. The lowest BCUT2D eigenvalue weighted by atomic mass is 9.93. The molecule has 1 fully saturated rings. The van der Waals surface area contributed by atoms with Crippen LogP contribution >= 0.6 is 0 Å². The van der Waals surface area contributed by atoms with Gasteiger partial charge in [0.25, 0.3) is 5.91 Å². The van der Waals surface area contributed by atoms with Crippen molar-refractivity contribution >= 4 is 5.91 Å². The summed E-state index contributed by atoms with van der Waals surface area (Å²) in [5.41, 5.74) is -0.850. The summed E-state index contributed by atoms with van der Waals surface area (Å²) in [5, 5.41) is 17.5. The molecule has 3 aromatic rings. The number of hydrogen-bond acceptors (Lipinski definition) is 6. The third-order valence-electron chi connectivity index (χ3n) is 4.17. The van der Waals surface area contributed by atoms with Gasteiger partial charge in [-0.2, -0.15) is 0 Å². The Morgan fingerprint density at radius 2 is 2.25 bits per heavy atom. The van der Waals surface area contributed by atoms with E-state index < -0.39 is 11.5 Å². The number of rotatable bonds is 6. The number of carbonyl (C=O) groups excluding carboxylic acids is 1. The zero-order valence-electron chi connectivity index (χ0n) is 12.8. The van der Waals surface area contributed by atoms with E-state index in [0.717, 1.165) is 18.6 Å². The standard InChI is InChI=1S/C17H16N2O5/c20-16(13-8-14(24-19-13)11-3-4-11)18-10-17(21,12-5-7-22-9-12)15-2-1-6-23-15/h1-2,5-9,11,21H,3-4,10H2,(H,18,20)/t17-/m0/s1. The highest BCUT2D eigenvalue weighted by atomic mass is 16.5. The van der Waals surface area contributed by atoms with Crippen LogP contribution in [-0.2, 0) is 5.60 Å². The highest BCUT2D eigenvalue weighted by Gasteiger charge is 2.36. The molecule has 1 aliphatic rings. The van der Waals surface area contributed by atoms with Gasteiger partial charge in [-0.1, -0.05) is 5.16 Å². The smallest absolute Gasteiger partial charge is 0.273 e. The van der Waals surface area contributed by atoms with E-state index >= 15 is 0 Å². The maximum absolute atomic E-state index is 12.3. The van der Waals surface area contributed by atoms with Crippen molar-refractivity contribution in [1.29, 1.82) is 0 Å². The molecule has 0 aliphatic heterocycles. The highest BCUT2D eigenvalue weighted by Crippen LogP contribution is 2.40. The molecule has 124 valence electrons. The second-order valence-electron chi connectivity index (χ2n) is 5.92. The quantitative estimate of drug-likeness (QED) is 0.720. The number of aliphatic hydroxyl groups is 1. The first-order chi connectivity index (χ1) is 11.7. The van der Waals surface area contributed by atoms with Crippen LogP contribution < -0.4 is 5.32 Å². The summed E-state index contributed by atoms with van der Waals surface area (Å²) in [6, 6.07) is 6.58. The molecule has 0 unspecified atom stereocenters. The van der Waals surface area contributed by atoms with Crippen LogP contribution in [0, 0.1) is 0 Å². The summed E-state index contributed by atoms with van der Waals surface area (Å²) in [6.07, 6.45) is 6.45. The molecule has 4 rings (SSSR count). The van der Waals surface area contributed by atoms with E-state index in [1.165, 1.54) is 18.8 Å². The molecule has 1 aliphatic carbocycles. The normalized spacial score (nSPS) is 16.7. The fourth-order valence-electron chi connectivity index (χ4n) is 2.60. The van der Waals surface area contributed by atoms with Crippen molar-refractivity contribution in [2.24, 2.45) is 0 Å². The lowest BCUT2D eigenvalue weighted by Gasteiger charge is -2.24. The molecule has 0 aromatic carbocycles. The first kappa shape index (κ1) is 14.8. The van der Waals surface area contributed by atoms with Crippen molar-refractivity contribution in [1.82, 2.24) is 10.5 Å². The van der Waals surface area contributed by atoms with Gasteiger partial charge in [0.1, 0.15) is 11.5 Å². The molecule has 7 nitrogen and oxygen atoms in total. The van der Waals surface area contributed by atoms with Gasteiger partial charge in [0.2, 0.25) is 0 Å². The summed E-state index contributed by atoms with van der Waals surface area (Å²) in [4.78, 5) is 12.3. The van der Waals surface area contributed by atoms with Crippen LogP contribution in [0.2, 0.25) is 0 Å². The van der Waals surface area contributed by atoms with E-state index in [1.807, 2.05) is 0 Å². The van der Waals surface area contributed by atoms with Crippen LogP contribution in [0.15, 0.2) is 56.4 Å². The minimum atomic E-state index is -1.53. The second kappa shape index (κ2) is 5.68. The van der Waals surface area contributed by atoms with Gasteiger partial charge >= 0.3 is 0 Å². The van der Waals surface area contributed by atoms with Crippen LogP contribution in [0.4, 0.5) is 0 Å². The maximum Gasteiger partial charge on any atom is 0.273 e. The van der Waals surface area contributed by atoms with E-state index in [2.05, 4.69) is 10.5 Å². The monoisotopic (exact) mass is 328 g/mol. The molecule has 1 amide bonds. The number of carbonyl (C=O) groups is 1. The van der Waals surface area contributed by atoms with Crippen molar-refractivity contribution in [3.63, 3.8) is 0 Å². The lowest BCUT2D eigenvalue weighted by Crippen LogP contribution is -2.41. The molecule has 2 N–H and O–H groups in total. The molecule has 0 bridgehead atoms. The molecule has 3 heterocycles. The van der Waals surface area contributed by atoms with E-state index in [0.29, 0.717) is 17.2 Å². The van der Waals surface area contributed by atoms with Gasteiger partial charge < -0.3 is 23.8 Å². The molecule has 7 heteroatoms. The third-order valence-corrected chi connectivity index (χ3v) is 4.17. The number of nitrogens with zero attached hydrogens (tertiary/aromatic N) is 1. The third kappa shape index (κ3) is 2.63. The van der Waals surface area contributed by atoms with Gasteiger partial charge in [0.15, 0.2) is 11.3 Å². The Balaban J connectivity index is 1.51. The van der Waals surface area contributed by atoms with Gasteiger partial charge in [-0.25, -0.2) is 0 Å². The molecule has 0 spiro atoms. The molecule has 0 radical (unpaired) electrons.